The first-order chi connectivity index (χ1) is 14.6. The van der Waals surface area contributed by atoms with Gasteiger partial charge in [0.2, 0.25) is 5.91 Å². The van der Waals surface area contributed by atoms with Gasteiger partial charge in [0.25, 0.3) is 5.91 Å². The normalized spacial score (nSPS) is 21.3. The summed E-state index contributed by atoms with van der Waals surface area (Å²) in [6.07, 6.45) is 4.08. The minimum atomic E-state index is -0.495. The summed E-state index contributed by atoms with van der Waals surface area (Å²) in [5.41, 5.74) is 2.49. The molecular weight excluding hydrogens is 374 g/mol. The summed E-state index contributed by atoms with van der Waals surface area (Å²) in [7, 11) is 0. The van der Waals surface area contributed by atoms with Crippen molar-refractivity contribution in [3.05, 3.63) is 65.7 Å². The van der Waals surface area contributed by atoms with Gasteiger partial charge >= 0.3 is 0 Å². The molecule has 0 bridgehead atoms. The van der Waals surface area contributed by atoms with E-state index in [9.17, 15) is 9.59 Å². The van der Waals surface area contributed by atoms with E-state index in [1.807, 2.05) is 42.5 Å². The summed E-state index contributed by atoms with van der Waals surface area (Å²) >= 11 is 0. The van der Waals surface area contributed by atoms with Crippen LogP contribution in [-0.4, -0.2) is 48.9 Å². The highest BCUT2D eigenvalue weighted by molar-refractivity contribution is 6.11. The maximum atomic E-state index is 13.2. The molecule has 5 nitrogen and oxygen atoms in total. The Labute approximate surface area is 179 Å². The van der Waals surface area contributed by atoms with Crippen molar-refractivity contribution in [2.24, 2.45) is 5.92 Å². The van der Waals surface area contributed by atoms with Gasteiger partial charge in [-0.15, -0.1) is 0 Å². The van der Waals surface area contributed by atoms with Crippen LogP contribution in [0.1, 0.15) is 42.1 Å². The SMILES string of the molecule is C[C@H]1CCCN(CCCNC(=O)[C@H]2Cc3ccccc3N2C(=O)c2ccccc2)C1. The number of fused-ring (bicyclic) bond motifs is 1. The van der Waals surface area contributed by atoms with Gasteiger partial charge in [-0.2, -0.15) is 0 Å². The topological polar surface area (TPSA) is 52.7 Å². The lowest BCUT2D eigenvalue weighted by molar-refractivity contribution is -0.122. The van der Waals surface area contributed by atoms with Crippen LogP contribution < -0.4 is 10.2 Å². The smallest absolute Gasteiger partial charge is 0.259 e. The zero-order valence-corrected chi connectivity index (χ0v) is 17.7. The molecule has 0 unspecified atom stereocenters. The van der Waals surface area contributed by atoms with Crippen molar-refractivity contribution < 1.29 is 9.59 Å². The number of para-hydroxylation sites is 1. The Bertz CT molecular complexity index is 883. The fourth-order valence-corrected chi connectivity index (χ4v) is 4.69. The third-order valence-corrected chi connectivity index (χ3v) is 6.21. The van der Waals surface area contributed by atoms with E-state index in [0.29, 0.717) is 18.5 Å². The molecule has 0 aliphatic carbocycles. The van der Waals surface area contributed by atoms with Crippen molar-refractivity contribution in [3.63, 3.8) is 0 Å². The molecular formula is C25H31N3O2. The van der Waals surface area contributed by atoms with Gasteiger partial charge in [0.05, 0.1) is 0 Å². The van der Waals surface area contributed by atoms with E-state index in [-0.39, 0.29) is 11.8 Å². The zero-order chi connectivity index (χ0) is 20.9. The fraction of sp³-hybridized carbons (Fsp3) is 0.440. The van der Waals surface area contributed by atoms with Gasteiger partial charge in [-0.05, 0) is 62.0 Å². The Balaban J connectivity index is 1.39. The number of nitrogens with one attached hydrogen (secondary N) is 1. The summed E-state index contributed by atoms with van der Waals surface area (Å²) in [4.78, 5) is 30.4. The molecule has 2 aromatic carbocycles. The number of benzene rings is 2. The number of likely N-dealkylation sites (tertiary alicyclic amines) is 1. The zero-order valence-electron chi connectivity index (χ0n) is 17.7. The number of piperidine rings is 1. The van der Waals surface area contributed by atoms with Crippen LogP contribution in [0.5, 0.6) is 0 Å². The van der Waals surface area contributed by atoms with Crippen LogP contribution in [0.15, 0.2) is 54.6 Å². The van der Waals surface area contributed by atoms with Crippen LogP contribution in [0.3, 0.4) is 0 Å². The maximum Gasteiger partial charge on any atom is 0.259 e. The number of amides is 2. The molecule has 1 saturated heterocycles. The lowest BCUT2D eigenvalue weighted by Gasteiger charge is -2.30. The molecule has 5 heteroatoms. The standard InChI is InChI=1S/C25H31N3O2/c1-19-9-7-15-27(18-19)16-8-14-26-24(29)23-17-21-12-5-6-13-22(21)28(23)25(30)20-10-3-2-4-11-20/h2-6,10-13,19,23H,7-9,14-18H2,1H3,(H,26,29)/t19-,23+/m0/s1. The molecule has 30 heavy (non-hydrogen) atoms. The molecule has 2 amide bonds. The summed E-state index contributed by atoms with van der Waals surface area (Å²) in [5, 5.41) is 3.09. The Morgan fingerprint density at radius 3 is 2.63 bits per heavy atom. The van der Waals surface area contributed by atoms with E-state index in [0.717, 1.165) is 43.2 Å². The first-order valence-electron chi connectivity index (χ1n) is 11.1. The first kappa shape index (κ1) is 20.6. The minimum absolute atomic E-state index is 0.0671. The molecule has 2 heterocycles. The van der Waals surface area contributed by atoms with Crippen LogP contribution in [0.2, 0.25) is 0 Å². The number of hydrogen-bond acceptors (Lipinski definition) is 3. The number of nitrogens with zero attached hydrogens (tertiary/aromatic N) is 2. The van der Waals surface area contributed by atoms with Gasteiger partial charge in [0.15, 0.2) is 0 Å². The van der Waals surface area contributed by atoms with Crippen molar-refractivity contribution in [3.8, 4) is 0 Å². The van der Waals surface area contributed by atoms with Crippen molar-refractivity contribution in [2.75, 3.05) is 31.1 Å². The molecule has 1 fully saturated rings. The lowest BCUT2D eigenvalue weighted by Crippen LogP contribution is -2.48. The Hall–Kier alpha value is -2.66. The molecule has 0 radical (unpaired) electrons. The van der Waals surface area contributed by atoms with Gasteiger partial charge in [-0.1, -0.05) is 43.3 Å². The second-order valence-corrected chi connectivity index (χ2v) is 8.58. The van der Waals surface area contributed by atoms with E-state index in [1.54, 1.807) is 17.0 Å². The van der Waals surface area contributed by atoms with Gasteiger partial charge < -0.3 is 10.2 Å². The van der Waals surface area contributed by atoms with Gasteiger partial charge in [0.1, 0.15) is 6.04 Å². The monoisotopic (exact) mass is 405 g/mol. The number of hydrogen-bond donors (Lipinski definition) is 1. The van der Waals surface area contributed by atoms with Crippen LogP contribution in [0.25, 0.3) is 0 Å². The van der Waals surface area contributed by atoms with Crippen LogP contribution >= 0.6 is 0 Å². The summed E-state index contributed by atoms with van der Waals surface area (Å²) in [5.74, 6) is 0.577. The number of rotatable bonds is 6. The summed E-state index contributed by atoms with van der Waals surface area (Å²) in [6, 6.07) is 16.5. The second-order valence-electron chi connectivity index (χ2n) is 8.58. The van der Waals surface area contributed by atoms with Crippen molar-refractivity contribution in [2.45, 2.75) is 38.6 Å². The third-order valence-electron chi connectivity index (χ3n) is 6.21. The molecule has 158 valence electrons. The highest BCUT2D eigenvalue weighted by Crippen LogP contribution is 2.33. The summed E-state index contributed by atoms with van der Waals surface area (Å²) < 4.78 is 0. The van der Waals surface area contributed by atoms with Gasteiger partial charge in [0, 0.05) is 30.8 Å². The predicted octanol–water partition coefficient (Wildman–Crippen LogP) is 3.50. The van der Waals surface area contributed by atoms with E-state index in [4.69, 9.17) is 0 Å². The Kier molecular flexibility index (Phi) is 6.48. The molecule has 2 atom stereocenters. The van der Waals surface area contributed by atoms with Crippen molar-refractivity contribution in [1.29, 1.82) is 0 Å². The van der Waals surface area contributed by atoms with Crippen LogP contribution in [0.4, 0.5) is 5.69 Å². The number of anilines is 1. The average molecular weight is 406 g/mol. The highest BCUT2D eigenvalue weighted by atomic mass is 16.2. The minimum Gasteiger partial charge on any atom is -0.354 e. The quantitative estimate of drug-likeness (QED) is 0.749. The van der Waals surface area contributed by atoms with E-state index in [2.05, 4.69) is 17.1 Å². The molecule has 1 N–H and O–H groups in total. The summed E-state index contributed by atoms with van der Waals surface area (Å²) in [6.45, 7) is 6.29. The molecule has 0 saturated carbocycles. The Morgan fingerprint density at radius 1 is 1.07 bits per heavy atom. The fourth-order valence-electron chi connectivity index (χ4n) is 4.69. The lowest BCUT2D eigenvalue weighted by atomic mass is 10.0. The van der Waals surface area contributed by atoms with Crippen molar-refractivity contribution >= 4 is 17.5 Å². The highest BCUT2D eigenvalue weighted by Gasteiger charge is 2.38. The molecule has 2 aliphatic rings. The van der Waals surface area contributed by atoms with Crippen molar-refractivity contribution in [1.82, 2.24) is 10.2 Å². The second kappa shape index (κ2) is 9.43. The first-order valence-corrected chi connectivity index (χ1v) is 11.1. The molecule has 2 aromatic rings. The van der Waals surface area contributed by atoms with Crippen LogP contribution in [0, 0.1) is 5.92 Å². The predicted molar refractivity (Wildman–Crippen MR) is 120 cm³/mol. The van der Waals surface area contributed by atoms with Gasteiger partial charge in [-0.3, -0.25) is 14.5 Å². The van der Waals surface area contributed by atoms with E-state index in [1.165, 1.54) is 12.8 Å². The van der Waals surface area contributed by atoms with Gasteiger partial charge in [-0.25, -0.2) is 0 Å². The number of carbonyl (C=O) groups is 2. The van der Waals surface area contributed by atoms with E-state index >= 15 is 0 Å². The van der Waals surface area contributed by atoms with E-state index < -0.39 is 6.04 Å². The maximum absolute atomic E-state index is 13.2. The Morgan fingerprint density at radius 2 is 1.83 bits per heavy atom. The molecule has 2 aliphatic heterocycles. The number of carbonyl (C=O) groups excluding carboxylic acids is 2. The average Bonchev–Trinajstić information content (AvgIpc) is 3.16. The molecule has 0 aromatic heterocycles. The molecule has 0 spiro atoms. The van der Waals surface area contributed by atoms with Crippen LogP contribution in [-0.2, 0) is 11.2 Å². The molecule has 4 rings (SSSR count). The third kappa shape index (κ3) is 4.57. The largest absolute Gasteiger partial charge is 0.354 e.